The van der Waals surface area contributed by atoms with Crippen LogP contribution in [-0.2, 0) is 11.3 Å². The summed E-state index contributed by atoms with van der Waals surface area (Å²) < 4.78 is 1.05. The number of nitrogens with zero attached hydrogens (tertiary/aromatic N) is 2. The highest BCUT2D eigenvalue weighted by Crippen LogP contribution is 2.17. The van der Waals surface area contributed by atoms with Gasteiger partial charge in [0.2, 0.25) is 5.91 Å². The van der Waals surface area contributed by atoms with Crippen molar-refractivity contribution in [3.63, 3.8) is 0 Å². The van der Waals surface area contributed by atoms with Gasteiger partial charge in [0.1, 0.15) is 0 Å². The Kier molecular flexibility index (Phi) is 10.2. The Bertz CT molecular complexity index is 442. The number of nitrogens with one attached hydrogen (secondary N) is 1. The molecule has 0 spiro atoms. The molecule has 1 N–H and O–H groups in total. The number of rotatable bonds is 4. The molecule has 4 nitrogen and oxygen atoms in total. The summed E-state index contributed by atoms with van der Waals surface area (Å²) in [6.45, 7) is 5.01. The van der Waals surface area contributed by atoms with Crippen molar-refractivity contribution in [2.75, 3.05) is 39.8 Å². The predicted molar refractivity (Wildman–Crippen MR) is 94.4 cm³/mol. The Morgan fingerprint density at radius 1 is 1.29 bits per heavy atom. The van der Waals surface area contributed by atoms with Gasteiger partial charge in [-0.05, 0) is 11.6 Å². The smallest absolute Gasteiger partial charge is 0.236 e. The number of hydrogen-bond donors (Lipinski definition) is 1. The average molecular weight is 399 g/mol. The van der Waals surface area contributed by atoms with E-state index in [0.29, 0.717) is 13.1 Å². The third-order valence-corrected chi connectivity index (χ3v) is 4.13. The molecule has 1 heterocycles. The van der Waals surface area contributed by atoms with Gasteiger partial charge in [-0.3, -0.25) is 9.69 Å². The van der Waals surface area contributed by atoms with Crippen LogP contribution in [0, 0.1) is 0 Å². The van der Waals surface area contributed by atoms with Gasteiger partial charge in [0.05, 0.1) is 6.54 Å². The zero-order valence-electron chi connectivity index (χ0n) is 12.0. The molecule has 2 rings (SSSR count). The molecule has 0 atom stereocenters. The summed E-state index contributed by atoms with van der Waals surface area (Å²) in [5, 5.41) is 3.29. The molecule has 1 saturated heterocycles. The standard InChI is InChI=1S/C14H20BrN3O.2ClH/c1-17(10-12-4-2-3-5-13(12)15)14(19)11-18-8-6-16-7-9-18;;/h2-5,16H,6-11H2,1H3;2*1H. The van der Waals surface area contributed by atoms with Crippen LogP contribution in [0.15, 0.2) is 28.7 Å². The van der Waals surface area contributed by atoms with Gasteiger partial charge in [0.25, 0.3) is 0 Å². The zero-order valence-corrected chi connectivity index (χ0v) is 15.3. The van der Waals surface area contributed by atoms with Crippen LogP contribution in [0.5, 0.6) is 0 Å². The van der Waals surface area contributed by atoms with E-state index < -0.39 is 0 Å². The Hall–Kier alpha value is -0.330. The molecule has 0 aromatic heterocycles. The molecule has 0 saturated carbocycles. The highest BCUT2D eigenvalue weighted by atomic mass is 79.9. The molecule has 0 radical (unpaired) electrons. The summed E-state index contributed by atoms with van der Waals surface area (Å²) in [7, 11) is 1.87. The molecule has 120 valence electrons. The molecule has 1 aliphatic rings. The highest BCUT2D eigenvalue weighted by Gasteiger charge is 2.16. The Morgan fingerprint density at radius 2 is 1.90 bits per heavy atom. The van der Waals surface area contributed by atoms with Crippen molar-refractivity contribution in [3.05, 3.63) is 34.3 Å². The first-order chi connectivity index (χ1) is 9.16. The summed E-state index contributed by atoms with van der Waals surface area (Å²) in [5.41, 5.74) is 1.14. The minimum absolute atomic E-state index is 0. The third kappa shape index (κ3) is 6.53. The van der Waals surface area contributed by atoms with Gasteiger partial charge >= 0.3 is 0 Å². The van der Waals surface area contributed by atoms with Crippen molar-refractivity contribution in [3.8, 4) is 0 Å². The molecule has 0 unspecified atom stereocenters. The fourth-order valence-electron chi connectivity index (χ4n) is 2.15. The van der Waals surface area contributed by atoms with Gasteiger partial charge in [-0.15, -0.1) is 24.8 Å². The van der Waals surface area contributed by atoms with Crippen molar-refractivity contribution in [1.29, 1.82) is 0 Å². The number of hydrogen-bond acceptors (Lipinski definition) is 3. The fraction of sp³-hybridized carbons (Fsp3) is 0.500. The van der Waals surface area contributed by atoms with Crippen LogP contribution in [0.25, 0.3) is 0 Å². The van der Waals surface area contributed by atoms with Crippen molar-refractivity contribution < 1.29 is 4.79 Å². The van der Waals surface area contributed by atoms with Gasteiger partial charge in [-0.2, -0.15) is 0 Å². The molecule has 1 aliphatic heterocycles. The predicted octanol–water partition coefficient (Wildman–Crippen LogP) is 2.16. The largest absolute Gasteiger partial charge is 0.340 e. The first-order valence-electron chi connectivity index (χ1n) is 6.57. The number of carbonyl (C=O) groups excluding carboxylic acids is 1. The van der Waals surface area contributed by atoms with Crippen LogP contribution in [0.1, 0.15) is 5.56 Å². The first-order valence-corrected chi connectivity index (χ1v) is 7.36. The fourth-order valence-corrected chi connectivity index (χ4v) is 2.56. The van der Waals surface area contributed by atoms with E-state index in [4.69, 9.17) is 0 Å². The van der Waals surface area contributed by atoms with E-state index in [9.17, 15) is 4.79 Å². The van der Waals surface area contributed by atoms with Gasteiger partial charge in [0, 0.05) is 44.2 Å². The highest BCUT2D eigenvalue weighted by molar-refractivity contribution is 9.10. The van der Waals surface area contributed by atoms with Crippen LogP contribution in [-0.4, -0.2) is 55.5 Å². The van der Waals surface area contributed by atoms with Gasteiger partial charge in [-0.1, -0.05) is 34.1 Å². The van der Waals surface area contributed by atoms with E-state index in [0.717, 1.165) is 36.2 Å². The average Bonchev–Trinajstić information content (AvgIpc) is 2.42. The summed E-state index contributed by atoms with van der Waals surface area (Å²) in [5.74, 6) is 0.178. The lowest BCUT2D eigenvalue weighted by atomic mass is 10.2. The first kappa shape index (κ1) is 20.7. The van der Waals surface area contributed by atoms with E-state index in [-0.39, 0.29) is 30.7 Å². The second kappa shape index (κ2) is 10.4. The zero-order chi connectivity index (χ0) is 13.7. The Morgan fingerprint density at radius 3 is 2.52 bits per heavy atom. The Labute approximate surface area is 147 Å². The summed E-state index contributed by atoms with van der Waals surface area (Å²) in [6.07, 6.45) is 0. The minimum Gasteiger partial charge on any atom is -0.340 e. The number of carbonyl (C=O) groups is 1. The molecule has 0 bridgehead atoms. The SMILES string of the molecule is CN(Cc1ccccc1Br)C(=O)CN1CCNCC1.Cl.Cl. The van der Waals surface area contributed by atoms with Crippen LogP contribution in [0.4, 0.5) is 0 Å². The van der Waals surface area contributed by atoms with Crippen LogP contribution >= 0.6 is 40.7 Å². The third-order valence-electron chi connectivity index (χ3n) is 3.36. The lowest BCUT2D eigenvalue weighted by Crippen LogP contribution is -2.47. The van der Waals surface area contributed by atoms with Gasteiger partial charge in [0.15, 0.2) is 0 Å². The van der Waals surface area contributed by atoms with Crippen LogP contribution < -0.4 is 5.32 Å². The molecule has 1 aromatic rings. The topological polar surface area (TPSA) is 35.6 Å². The van der Waals surface area contributed by atoms with E-state index in [2.05, 4.69) is 26.1 Å². The second-order valence-corrected chi connectivity index (χ2v) is 5.72. The molecule has 21 heavy (non-hydrogen) atoms. The molecule has 1 aromatic carbocycles. The molecule has 7 heteroatoms. The molecule has 1 fully saturated rings. The normalized spacial score (nSPS) is 14.8. The number of halogens is 3. The van der Waals surface area contributed by atoms with Crippen molar-refractivity contribution in [1.82, 2.24) is 15.1 Å². The van der Waals surface area contributed by atoms with Crippen molar-refractivity contribution in [2.45, 2.75) is 6.54 Å². The van der Waals surface area contributed by atoms with E-state index in [1.807, 2.05) is 31.3 Å². The van der Waals surface area contributed by atoms with Crippen LogP contribution in [0.2, 0.25) is 0 Å². The Balaban J connectivity index is 0.00000200. The molecule has 1 amide bonds. The van der Waals surface area contributed by atoms with E-state index in [1.165, 1.54) is 0 Å². The number of likely N-dealkylation sites (N-methyl/N-ethyl adjacent to an activating group) is 1. The van der Waals surface area contributed by atoms with Gasteiger partial charge < -0.3 is 10.2 Å². The van der Waals surface area contributed by atoms with Crippen LogP contribution in [0.3, 0.4) is 0 Å². The lowest BCUT2D eigenvalue weighted by Gasteiger charge is -2.28. The quantitative estimate of drug-likeness (QED) is 0.843. The number of piperazine rings is 1. The molecular formula is C14H22BrCl2N3O. The number of amides is 1. The lowest BCUT2D eigenvalue weighted by molar-refractivity contribution is -0.131. The maximum atomic E-state index is 12.2. The monoisotopic (exact) mass is 397 g/mol. The van der Waals surface area contributed by atoms with E-state index in [1.54, 1.807) is 4.90 Å². The summed E-state index contributed by atoms with van der Waals surface area (Å²) in [4.78, 5) is 16.2. The maximum Gasteiger partial charge on any atom is 0.236 e. The van der Waals surface area contributed by atoms with Crippen molar-refractivity contribution >= 4 is 46.7 Å². The van der Waals surface area contributed by atoms with E-state index >= 15 is 0 Å². The molecular weight excluding hydrogens is 377 g/mol. The van der Waals surface area contributed by atoms with Gasteiger partial charge in [-0.25, -0.2) is 0 Å². The van der Waals surface area contributed by atoms with Crippen molar-refractivity contribution in [2.24, 2.45) is 0 Å². The summed E-state index contributed by atoms with van der Waals surface area (Å²) in [6, 6.07) is 8.02. The molecule has 0 aliphatic carbocycles. The number of benzene rings is 1. The maximum absolute atomic E-state index is 12.2. The second-order valence-electron chi connectivity index (χ2n) is 4.87. The summed E-state index contributed by atoms with van der Waals surface area (Å²) >= 11 is 3.52. The minimum atomic E-state index is 0.